The maximum Gasteiger partial charge on any atom is 0.238 e. The molecule has 6 aromatic rings. The SMILES string of the molecule is CCn1nnc([C@H]2O[C@@H](n3cnc4c(NCC(c5ccccc5)c5ccccc5)nc(N5CC[C@@H](N=C(NC#N)Nc6cccc(S(N)(=O)=O)c6)C5)nc43)[C@H](O)[C@@H]2O)n1. The number of benzene rings is 3. The van der Waals surface area contributed by atoms with Gasteiger partial charge in [0.05, 0.1) is 23.8 Å². The second-order valence-corrected chi connectivity index (χ2v) is 15.6. The zero-order valence-corrected chi connectivity index (χ0v) is 32.5. The van der Waals surface area contributed by atoms with Crippen LogP contribution in [0.2, 0.25) is 0 Å². The number of imidazole rings is 1. The van der Waals surface area contributed by atoms with Gasteiger partial charge in [-0.15, -0.1) is 10.2 Å². The number of nitrogens with two attached hydrogens (primary N) is 1. The highest BCUT2D eigenvalue weighted by Gasteiger charge is 2.47. The molecule has 0 bridgehead atoms. The largest absolute Gasteiger partial charge is 0.387 e. The van der Waals surface area contributed by atoms with Crippen LogP contribution in [0.5, 0.6) is 0 Å². The van der Waals surface area contributed by atoms with Crippen molar-refractivity contribution in [3.63, 3.8) is 0 Å². The zero-order chi connectivity index (χ0) is 41.1. The Balaban J connectivity index is 1.12. The van der Waals surface area contributed by atoms with Crippen molar-refractivity contribution in [3.8, 4) is 6.19 Å². The summed E-state index contributed by atoms with van der Waals surface area (Å²) in [5, 5.41) is 58.6. The number of primary sulfonamides is 1. The Morgan fingerprint density at radius 1 is 1.05 bits per heavy atom. The van der Waals surface area contributed by atoms with Gasteiger partial charge in [0.2, 0.25) is 27.8 Å². The number of rotatable bonds is 12. The summed E-state index contributed by atoms with van der Waals surface area (Å²) in [4.78, 5) is 22.6. The van der Waals surface area contributed by atoms with Crippen molar-refractivity contribution in [2.75, 3.05) is 35.2 Å². The molecule has 7 N–H and O–H groups in total. The smallest absolute Gasteiger partial charge is 0.238 e. The van der Waals surface area contributed by atoms with Crippen LogP contribution in [0.4, 0.5) is 17.5 Å². The van der Waals surface area contributed by atoms with Crippen molar-refractivity contribution in [1.29, 1.82) is 5.26 Å². The fourth-order valence-electron chi connectivity index (χ4n) is 7.21. The van der Waals surface area contributed by atoms with Crippen LogP contribution in [-0.4, -0.2) is 102 Å². The van der Waals surface area contributed by atoms with Crippen molar-refractivity contribution in [2.24, 2.45) is 10.1 Å². The molecule has 5 atom stereocenters. The summed E-state index contributed by atoms with van der Waals surface area (Å²) in [7, 11) is -3.96. The van der Waals surface area contributed by atoms with Gasteiger partial charge in [-0.05, 0) is 47.9 Å². The molecule has 0 radical (unpaired) electrons. The quantitative estimate of drug-likeness (QED) is 0.0445. The van der Waals surface area contributed by atoms with E-state index in [1.54, 1.807) is 10.6 Å². The summed E-state index contributed by atoms with van der Waals surface area (Å²) in [6.07, 6.45) is -1.00. The minimum absolute atomic E-state index is 0.0532. The van der Waals surface area contributed by atoms with E-state index in [1.807, 2.05) is 54.4 Å². The first kappa shape index (κ1) is 39.3. The minimum atomic E-state index is -3.96. The number of aliphatic hydroxyl groups is 2. The summed E-state index contributed by atoms with van der Waals surface area (Å²) in [6, 6.07) is 25.8. The number of anilines is 3. The van der Waals surface area contributed by atoms with E-state index in [-0.39, 0.29) is 28.6 Å². The molecule has 304 valence electrons. The molecule has 2 fully saturated rings. The summed E-state index contributed by atoms with van der Waals surface area (Å²) in [5.41, 5.74) is 3.32. The number of nitrogens with one attached hydrogen (secondary N) is 3. The van der Waals surface area contributed by atoms with Gasteiger partial charge in [0.15, 0.2) is 35.5 Å². The first-order chi connectivity index (χ1) is 28.6. The van der Waals surface area contributed by atoms with Crippen molar-refractivity contribution < 1.29 is 23.4 Å². The third-order valence-corrected chi connectivity index (χ3v) is 11.1. The van der Waals surface area contributed by atoms with Gasteiger partial charge in [-0.25, -0.2) is 23.5 Å². The number of tetrazole rings is 1. The fraction of sp³-hybridized carbons (Fsp3) is 0.316. The van der Waals surface area contributed by atoms with E-state index in [4.69, 9.17) is 24.8 Å². The number of aliphatic imine (C=N–C) groups is 1. The number of aryl methyl sites for hydroxylation is 1. The molecule has 20 nitrogen and oxygen atoms in total. The molecule has 0 spiro atoms. The van der Waals surface area contributed by atoms with Crippen LogP contribution in [0.1, 0.15) is 48.5 Å². The third-order valence-electron chi connectivity index (χ3n) is 10.2. The summed E-state index contributed by atoms with van der Waals surface area (Å²) in [6.45, 7) is 3.61. The Labute approximate surface area is 338 Å². The number of nitrogens with zero attached hydrogens (tertiary/aromatic N) is 11. The topological polar surface area (TPSA) is 273 Å². The number of ether oxygens (including phenoxy) is 1. The summed E-state index contributed by atoms with van der Waals surface area (Å²) in [5.74, 6) is 0.979. The Morgan fingerprint density at radius 2 is 1.80 bits per heavy atom. The van der Waals surface area contributed by atoms with E-state index >= 15 is 0 Å². The molecule has 0 unspecified atom stereocenters. The summed E-state index contributed by atoms with van der Waals surface area (Å²) >= 11 is 0. The van der Waals surface area contributed by atoms with E-state index in [9.17, 15) is 23.9 Å². The number of aromatic nitrogens is 8. The highest BCUT2D eigenvalue weighted by atomic mass is 32.2. The zero-order valence-electron chi connectivity index (χ0n) is 31.7. The van der Waals surface area contributed by atoms with Crippen molar-refractivity contribution in [1.82, 2.24) is 45.0 Å². The van der Waals surface area contributed by atoms with E-state index < -0.39 is 34.6 Å². The highest BCUT2D eigenvalue weighted by molar-refractivity contribution is 7.89. The molecule has 0 saturated carbocycles. The van der Waals surface area contributed by atoms with Crippen LogP contribution in [0.15, 0.2) is 101 Å². The van der Waals surface area contributed by atoms with Crippen LogP contribution in [0.3, 0.4) is 0 Å². The molecular weight excluding hydrogens is 779 g/mol. The lowest BCUT2D eigenvalue weighted by Crippen LogP contribution is -2.30. The molecule has 5 heterocycles. The summed E-state index contributed by atoms with van der Waals surface area (Å²) < 4.78 is 31.6. The average molecular weight is 820 g/mol. The van der Waals surface area contributed by atoms with Gasteiger partial charge < -0.3 is 30.5 Å². The van der Waals surface area contributed by atoms with E-state index in [2.05, 4.69) is 60.6 Å². The molecule has 0 aliphatic carbocycles. The van der Waals surface area contributed by atoms with Crippen molar-refractivity contribution >= 4 is 44.6 Å². The normalized spacial score (nSPS) is 20.9. The molecule has 21 heteroatoms. The lowest BCUT2D eigenvalue weighted by Gasteiger charge is -2.22. The highest BCUT2D eigenvalue weighted by Crippen LogP contribution is 2.39. The van der Waals surface area contributed by atoms with E-state index in [1.165, 1.54) is 29.3 Å². The monoisotopic (exact) mass is 819 g/mol. The van der Waals surface area contributed by atoms with E-state index in [0.717, 1.165) is 11.1 Å². The molecule has 3 aromatic heterocycles. The molecule has 59 heavy (non-hydrogen) atoms. The molecular formula is C38H41N15O5S. The second-order valence-electron chi connectivity index (χ2n) is 14.0. The predicted molar refractivity (Wildman–Crippen MR) is 215 cm³/mol. The number of hydrogen-bond acceptors (Lipinski definition) is 15. The van der Waals surface area contributed by atoms with Crippen molar-refractivity contribution in [3.05, 3.63) is 108 Å². The van der Waals surface area contributed by atoms with Gasteiger partial charge in [-0.2, -0.15) is 20.0 Å². The lowest BCUT2D eigenvalue weighted by molar-refractivity contribution is -0.0384. The first-order valence-corrected chi connectivity index (χ1v) is 20.4. The standard InChI is InChI=1S/C38H41N15O5S/c1-2-53-49-34(48-50-53)32-30(54)31(55)36(58-32)52-22-43-29-33(41-19-28(23-10-5-3-6-11-23)24-12-7-4-8-13-24)46-38(47-35(29)52)51-17-16-26(20-51)45-37(42-21-39)44-25-14-9-15-27(18-25)59(40,56)57/h3-15,18,22,26,28,30-32,36,54-55H,2,16-17,19-20H2,1H3,(H2,40,56,57)(H,41,46,47)(H2,42,44,45)/t26-,30+,31-,32+,36-/m1/s1. The molecule has 2 aliphatic rings. The maximum atomic E-state index is 11.9. The minimum Gasteiger partial charge on any atom is -0.387 e. The van der Waals surface area contributed by atoms with E-state index in [0.29, 0.717) is 61.2 Å². The molecule has 8 rings (SSSR count). The maximum absolute atomic E-state index is 11.9. The Kier molecular flexibility index (Phi) is 11.1. The number of fused-ring (bicyclic) bond motifs is 1. The van der Waals surface area contributed by atoms with Gasteiger partial charge >= 0.3 is 0 Å². The van der Waals surface area contributed by atoms with Crippen LogP contribution in [-0.2, 0) is 21.3 Å². The molecule has 2 aliphatic heterocycles. The van der Waals surface area contributed by atoms with Gasteiger partial charge in [0, 0.05) is 31.2 Å². The third kappa shape index (κ3) is 8.38. The Bertz CT molecular complexity index is 2560. The number of aliphatic hydroxyl groups excluding tert-OH is 2. The molecule has 0 amide bonds. The Morgan fingerprint density at radius 3 is 2.47 bits per heavy atom. The van der Waals surface area contributed by atoms with Crippen LogP contribution < -0.4 is 26.0 Å². The van der Waals surface area contributed by atoms with Gasteiger partial charge in [0.25, 0.3) is 0 Å². The van der Waals surface area contributed by atoms with Gasteiger partial charge in [-0.1, -0.05) is 66.7 Å². The van der Waals surface area contributed by atoms with Gasteiger partial charge in [-0.3, -0.25) is 9.88 Å². The van der Waals surface area contributed by atoms with Gasteiger partial charge in [0.1, 0.15) is 12.2 Å². The second kappa shape index (κ2) is 16.7. The number of nitriles is 1. The van der Waals surface area contributed by atoms with Crippen molar-refractivity contribution in [2.45, 2.75) is 61.3 Å². The lowest BCUT2D eigenvalue weighted by atomic mass is 9.91. The number of guanidine groups is 1. The predicted octanol–water partition coefficient (Wildman–Crippen LogP) is 1.83. The van der Waals surface area contributed by atoms with Crippen LogP contribution in [0.25, 0.3) is 11.2 Å². The first-order valence-electron chi connectivity index (χ1n) is 18.8. The number of hydrogen-bond donors (Lipinski definition) is 6. The Hall–Kier alpha value is -6.57. The molecule has 3 aromatic carbocycles. The van der Waals surface area contributed by atoms with Crippen LogP contribution in [0, 0.1) is 11.5 Å². The molecule has 2 saturated heterocycles. The average Bonchev–Trinajstić information content (AvgIpc) is 4.06. The number of sulfonamides is 1. The van der Waals surface area contributed by atoms with Crippen LogP contribution >= 0.6 is 0 Å². The fourth-order valence-corrected chi connectivity index (χ4v) is 7.77.